The van der Waals surface area contributed by atoms with Crippen LogP contribution in [-0.4, -0.2) is 47.1 Å². The van der Waals surface area contributed by atoms with Crippen molar-refractivity contribution >= 4 is 5.91 Å². The third kappa shape index (κ3) is 6.86. The van der Waals surface area contributed by atoms with Crippen LogP contribution in [-0.2, 0) is 22.6 Å². The summed E-state index contributed by atoms with van der Waals surface area (Å²) in [5, 5.41) is 12.3. The molecule has 0 saturated carbocycles. The first-order chi connectivity index (χ1) is 17.6. The van der Waals surface area contributed by atoms with Crippen LogP contribution in [0, 0.1) is 0 Å². The average molecular weight is 488 g/mol. The van der Waals surface area contributed by atoms with E-state index in [0.29, 0.717) is 12.1 Å². The monoisotopic (exact) mass is 487 g/mol. The molecule has 2 heterocycles. The van der Waals surface area contributed by atoms with Gasteiger partial charge in [0.25, 0.3) is 5.91 Å². The van der Waals surface area contributed by atoms with Crippen LogP contribution in [0.3, 0.4) is 0 Å². The summed E-state index contributed by atoms with van der Waals surface area (Å²) in [5.41, 5.74) is 4.36. The lowest BCUT2D eigenvalue weighted by Crippen LogP contribution is -2.37. The summed E-state index contributed by atoms with van der Waals surface area (Å²) in [5.74, 6) is -0.160. The Morgan fingerprint density at radius 2 is 1.83 bits per heavy atom. The summed E-state index contributed by atoms with van der Waals surface area (Å²) < 4.78 is 12.8. The second kappa shape index (κ2) is 12.6. The molecule has 36 heavy (non-hydrogen) atoms. The zero-order valence-corrected chi connectivity index (χ0v) is 20.5. The molecule has 0 aliphatic carbocycles. The second-order valence-electron chi connectivity index (χ2n) is 9.03. The number of nitrogens with zero attached hydrogens (tertiary/aromatic N) is 2. The Morgan fingerprint density at radius 3 is 2.50 bits per heavy atom. The minimum absolute atomic E-state index is 0.0154. The number of pyridine rings is 1. The molecule has 0 unspecified atom stereocenters. The second-order valence-corrected chi connectivity index (χ2v) is 9.03. The number of carbonyl (C=O) groups excluding carboxylic acids is 1. The molecule has 0 spiro atoms. The summed E-state index contributed by atoms with van der Waals surface area (Å²) in [6.45, 7) is 5.79. The number of rotatable bonds is 10. The van der Waals surface area contributed by atoms with E-state index >= 15 is 0 Å². The van der Waals surface area contributed by atoms with E-state index in [1.54, 1.807) is 24.5 Å². The van der Waals surface area contributed by atoms with Gasteiger partial charge in [0, 0.05) is 44.0 Å². The molecule has 1 saturated heterocycles. The van der Waals surface area contributed by atoms with Crippen molar-refractivity contribution in [1.29, 1.82) is 0 Å². The highest BCUT2D eigenvalue weighted by molar-refractivity contribution is 5.93. The van der Waals surface area contributed by atoms with E-state index in [2.05, 4.69) is 28.8 Å². The summed E-state index contributed by atoms with van der Waals surface area (Å²) in [6, 6.07) is 19.3. The van der Waals surface area contributed by atoms with Crippen molar-refractivity contribution in [2.24, 2.45) is 0 Å². The number of hydrogen-bond acceptors (Lipinski definition) is 6. The Morgan fingerprint density at radius 1 is 1.11 bits per heavy atom. The zero-order valence-electron chi connectivity index (χ0n) is 20.5. The Kier molecular flexibility index (Phi) is 8.97. The Hall–Kier alpha value is -3.36. The van der Waals surface area contributed by atoms with Crippen LogP contribution in [0.15, 0.2) is 85.7 Å². The van der Waals surface area contributed by atoms with Gasteiger partial charge in [-0.3, -0.25) is 9.78 Å². The van der Waals surface area contributed by atoms with Gasteiger partial charge in [0.1, 0.15) is 0 Å². The topological polar surface area (TPSA) is 83.9 Å². The Labute approximate surface area is 212 Å². The maximum Gasteiger partial charge on any atom is 0.253 e. The molecule has 2 aromatic carbocycles. The number of aliphatic hydroxyl groups excluding tert-OH is 1. The number of hydrogen-bond donors (Lipinski definition) is 2. The highest BCUT2D eigenvalue weighted by Gasteiger charge is 2.32. The molecule has 1 aliphatic rings. The van der Waals surface area contributed by atoms with Crippen molar-refractivity contribution < 1.29 is 19.4 Å². The molecule has 0 bridgehead atoms. The molecule has 2 N–H and O–H groups in total. The third-order valence-electron chi connectivity index (χ3n) is 6.20. The number of ether oxygens (including phenoxy) is 2. The molecule has 7 nitrogen and oxygen atoms in total. The van der Waals surface area contributed by atoms with Gasteiger partial charge in [0.15, 0.2) is 6.29 Å². The van der Waals surface area contributed by atoms with Gasteiger partial charge >= 0.3 is 0 Å². The van der Waals surface area contributed by atoms with Crippen LogP contribution < -0.4 is 5.32 Å². The SMILES string of the molecule is C=CCN(C)C[C@@H]1C[C@H](c2ccc(CO)cc2)O[C@H](c2ccc(CNC(=O)c3cccnc3)cc2)O1. The summed E-state index contributed by atoms with van der Waals surface area (Å²) in [4.78, 5) is 18.5. The van der Waals surface area contributed by atoms with Gasteiger partial charge in [-0.25, -0.2) is 0 Å². The number of amides is 1. The lowest BCUT2D eigenvalue weighted by atomic mass is 9.99. The molecule has 1 amide bonds. The highest BCUT2D eigenvalue weighted by atomic mass is 16.7. The first kappa shape index (κ1) is 25.7. The van der Waals surface area contributed by atoms with E-state index in [0.717, 1.165) is 41.8 Å². The minimum Gasteiger partial charge on any atom is -0.392 e. The molecule has 188 valence electrons. The van der Waals surface area contributed by atoms with E-state index in [-0.39, 0.29) is 24.7 Å². The summed E-state index contributed by atoms with van der Waals surface area (Å²) in [6.07, 6.45) is 5.14. The van der Waals surface area contributed by atoms with Crippen molar-refractivity contribution in [2.75, 3.05) is 20.1 Å². The van der Waals surface area contributed by atoms with Crippen LogP contribution in [0.2, 0.25) is 0 Å². The smallest absolute Gasteiger partial charge is 0.253 e. The van der Waals surface area contributed by atoms with Crippen molar-refractivity contribution in [3.8, 4) is 0 Å². The minimum atomic E-state index is -0.512. The molecule has 3 aromatic rings. The molecular weight excluding hydrogens is 454 g/mol. The van der Waals surface area contributed by atoms with Crippen molar-refractivity contribution in [2.45, 2.75) is 38.1 Å². The molecule has 4 rings (SSSR count). The first-order valence-electron chi connectivity index (χ1n) is 12.1. The maximum atomic E-state index is 12.3. The van der Waals surface area contributed by atoms with Gasteiger partial charge in [0.05, 0.1) is 24.4 Å². The maximum absolute atomic E-state index is 12.3. The van der Waals surface area contributed by atoms with Crippen LogP contribution in [0.5, 0.6) is 0 Å². The molecule has 7 heteroatoms. The largest absolute Gasteiger partial charge is 0.392 e. The number of aromatic nitrogens is 1. The number of nitrogens with one attached hydrogen (secondary N) is 1. The van der Waals surface area contributed by atoms with Crippen LogP contribution >= 0.6 is 0 Å². The molecule has 1 fully saturated rings. The fourth-order valence-corrected chi connectivity index (χ4v) is 4.25. The fraction of sp³-hybridized carbons (Fsp3) is 0.310. The normalized spacial score (nSPS) is 19.7. The van der Waals surface area contributed by atoms with Gasteiger partial charge < -0.3 is 24.8 Å². The Balaban J connectivity index is 1.44. The number of carbonyl (C=O) groups is 1. The van der Waals surface area contributed by atoms with Crippen molar-refractivity contribution in [1.82, 2.24) is 15.2 Å². The molecule has 1 aromatic heterocycles. The zero-order chi connectivity index (χ0) is 25.3. The Bertz CT molecular complexity index is 1120. The van der Waals surface area contributed by atoms with Crippen molar-refractivity contribution in [3.05, 3.63) is 114 Å². The van der Waals surface area contributed by atoms with E-state index in [1.807, 2.05) is 54.6 Å². The molecule has 1 aliphatic heterocycles. The van der Waals surface area contributed by atoms with E-state index in [9.17, 15) is 9.90 Å². The summed E-state index contributed by atoms with van der Waals surface area (Å²) >= 11 is 0. The average Bonchev–Trinajstić information content (AvgIpc) is 2.92. The van der Waals surface area contributed by atoms with E-state index < -0.39 is 6.29 Å². The van der Waals surface area contributed by atoms with E-state index in [1.165, 1.54) is 0 Å². The van der Waals surface area contributed by atoms with Crippen LogP contribution in [0.1, 0.15) is 51.4 Å². The van der Waals surface area contributed by atoms with E-state index in [4.69, 9.17) is 9.47 Å². The number of likely N-dealkylation sites (N-methyl/N-ethyl adjacent to an activating group) is 1. The number of benzene rings is 2. The lowest BCUT2D eigenvalue weighted by Gasteiger charge is -2.37. The lowest BCUT2D eigenvalue weighted by molar-refractivity contribution is -0.252. The van der Waals surface area contributed by atoms with Crippen molar-refractivity contribution in [3.63, 3.8) is 0 Å². The molecular formula is C29H33N3O4. The van der Waals surface area contributed by atoms with Crippen LogP contribution in [0.25, 0.3) is 0 Å². The highest BCUT2D eigenvalue weighted by Crippen LogP contribution is 2.38. The third-order valence-corrected chi connectivity index (χ3v) is 6.20. The number of aliphatic hydroxyl groups is 1. The molecule has 0 radical (unpaired) electrons. The predicted octanol–water partition coefficient (Wildman–Crippen LogP) is 4.17. The predicted molar refractivity (Wildman–Crippen MR) is 138 cm³/mol. The standard InChI is InChI=1S/C29H33N3O4/c1-3-15-32(2)19-26-16-27(23-10-8-22(20-33)9-11-23)36-29(35-26)24-12-6-21(7-13-24)17-31-28(34)25-5-4-14-30-18-25/h3-14,18,26-27,29,33H,1,15-17,19-20H2,2H3,(H,31,34)/t26-,27+,29+/m0/s1. The van der Waals surface area contributed by atoms with Gasteiger partial charge in [0.2, 0.25) is 0 Å². The quantitative estimate of drug-likeness (QED) is 0.418. The van der Waals surface area contributed by atoms with Gasteiger partial charge in [-0.1, -0.05) is 54.6 Å². The molecule has 3 atom stereocenters. The van der Waals surface area contributed by atoms with Gasteiger partial charge in [-0.2, -0.15) is 0 Å². The fourth-order valence-electron chi connectivity index (χ4n) is 4.25. The summed E-state index contributed by atoms with van der Waals surface area (Å²) in [7, 11) is 2.05. The van der Waals surface area contributed by atoms with Gasteiger partial charge in [-0.05, 0) is 35.9 Å². The van der Waals surface area contributed by atoms with Crippen LogP contribution in [0.4, 0.5) is 0 Å². The van der Waals surface area contributed by atoms with Gasteiger partial charge in [-0.15, -0.1) is 6.58 Å². The first-order valence-corrected chi connectivity index (χ1v) is 12.1.